The molecule has 2 aromatic carbocycles. The van der Waals surface area contributed by atoms with Crippen LogP contribution in [0.2, 0.25) is 0 Å². The van der Waals surface area contributed by atoms with Gasteiger partial charge in [0.1, 0.15) is 11.6 Å². The van der Waals surface area contributed by atoms with Gasteiger partial charge in [0, 0.05) is 0 Å². The average Bonchev–Trinajstić information content (AvgIpc) is 2.38. The first-order valence-electron chi connectivity index (χ1n) is 5.64. The highest BCUT2D eigenvalue weighted by Crippen LogP contribution is 2.29. The average molecular weight is 286 g/mol. The molecule has 20 heavy (non-hydrogen) atoms. The number of hydrogen-bond donors (Lipinski definition) is 1. The van der Waals surface area contributed by atoms with E-state index in [-0.39, 0.29) is 12.4 Å². The molecule has 0 aliphatic heterocycles. The Bertz CT molecular complexity index is 591. The van der Waals surface area contributed by atoms with Crippen LogP contribution in [0.3, 0.4) is 0 Å². The molecule has 0 aliphatic rings. The van der Waals surface area contributed by atoms with Crippen LogP contribution < -0.4 is 4.74 Å². The minimum atomic E-state index is -4.75. The third kappa shape index (κ3) is 3.48. The topological polar surface area (TPSA) is 29.5 Å². The summed E-state index contributed by atoms with van der Waals surface area (Å²) in [6.45, 7) is -0.295. The summed E-state index contributed by atoms with van der Waals surface area (Å²) < 4.78 is 53.1. The van der Waals surface area contributed by atoms with Gasteiger partial charge in [-0.2, -0.15) is 0 Å². The van der Waals surface area contributed by atoms with Crippen molar-refractivity contribution in [3.8, 4) is 16.9 Å². The van der Waals surface area contributed by atoms with Crippen molar-refractivity contribution in [3.63, 3.8) is 0 Å². The van der Waals surface area contributed by atoms with Crippen molar-refractivity contribution in [1.82, 2.24) is 0 Å². The summed E-state index contributed by atoms with van der Waals surface area (Å²) in [4.78, 5) is 0. The molecule has 6 heteroatoms. The summed E-state index contributed by atoms with van der Waals surface area (Å²) in [5, 5.41) is 9.18. The maximum Gasteiger partial charge on any atom is 0.573 e. The molecule has 0 amide bonds. The van der Waals surface area contributed by atoms with E-state index in [0.717, 1.165) is 12.1 Å². The predicted octanol–water partition coefficient (Wildman–Crippen LogP) is 3.88. The summed E-state index contributed by atoms with van der Waals surface area (Å²) in [5.74, 6) is -0.851. The largest absolute Gasteiger partial charge is 0.573 e. The number of aliphatic hydroxyl groups is 1. The number of benzene rings is 2. The van der Waals surface area contributed by atoms with Gasteiger partial charge in [-0.25, -0.2) is 4.39 Å². The molecule has 106 valence electrons. The lowest BCUT2D eigenvalue weighted by molar-refractivity contribution is -0.274. The van der Waals surface area contributed by atoms with E-state index in [1.54, 1.807) is 0 Å². The minimum Gasteiger partial charge on any atom is -0.406 e. The SMILES string of the molecule is OCc1ccc(F)cc1-c1ccc(OC(F)(F)F)cc1. The van der Waals surface area contributed by atoms with Gasteiger partial charge in [0.15, 0.2) is 0 Å². The minimum absolute atomic E-state index is 0.295. The van der Waals surface area contributed by atoms with Crippen molar-refractivity contribution in [1.29, 1.82) is 0 Å². The van der Waals surface area contributed by atoms with Gasteiger partial charge in [-0.15, -0.1) is 13.2 Å². The molecule has 2 rings (SSSR count). The molecule has 0 bridgehead atoms. The maximum atomic E-state index is 13.2. The van der Waals surface area contributed by atoms with Crippen LogP contribution in [-0.4, -0.2) is 11.5 Å². The van der Waals surface area contributed by atoms with Crippen molar-refractivity contribution < 1.29 is 27.4 Å². The molecule has 0 heterocycles. The lowest BCUT2D eigenvalue weighted by atomic mass is 10.00. The third-order valence-electron chi connectivity index (χ3n) is 2.64. The molecule has 0 saturated carbocycles. The lowest BCUT2D eigenvalue weighted by Gasteiger charge is -2.11. The van der Waals surface area contributed by atoms with Gasteiger partial charge in [0.05, 0.1) is 6.61 Å². The van der Waals surface area contributed by atoms with Crippen LogP contribution >= 0.6 is 0 Å². The summed E-state index contributed by atoms with van der Waals surface area (Å²) in [6.07, 6.45) is -4.75. The number of ether oxygens (including phenoxy) is 1. The molecule has 0 fully saturated rings. The number of alkyl halides is 3. The molecule has 0 unspecified atom stereocenters. The van der Waals surface area contributed by atoms with E-state index < -0.39 is 12.2 Å². The van der Waals surface area contributed by atoms with E-state index in [9.17, 15) is 22.7 Å². The van der Waals surface area contributed by atoms with Crippen LogP contribution in [0.25, 0.3) is 11.1 Å². The lowest BCUT2D eigenvalue weighted by Crippen LogP contribution is -2.16. The fraction of sp³-hybridized carbons (Fsp3) is 0.143. The zero-order valence-electron chi connectivity index (χ0n) is 10.1. The Hall–Kier alpha value is -2.08. The second-order valence-electron chi connectivity index (χ2n) is 4.03. The Labute approximate surface area is 112 Å². The van der Waals surface area contributed by atoms with E-state index in [2.05, 4.69) is 4.74 Å². The molecule has 2 aromatic rings. The molecule has 0 atom stereocenters. The molecular weight excluding hydrogens is 276 g/mol. The molecule has 2 nitrogen and oxygen atoms in total. The van der Waals surface area contributed by atoms with Crippen LogP contribution in [-0.2, 0) is 6.61 Å². The molecule has 0 aromatic heterocycles. The van der Waals surface area contributed by atoms with E-state index in [1.165, 1.54) is 30.3 Å². The smallest absolute Gasteiger partial charge is 0.406 e. The Balaban J connectivity index is 2.33. The van der Waals surface area contributed by atoms with Crippen molar-refractivity contribution >= 4 is 0 Å². The van der Waals surface area contributed by atoms with Gasteiger partial charge in [-0.1, -0.05) is 18.2 Å². The fourth-order valence-electron chi connectivity index (χ4n) is 1.79. The Morgan fingerprint density at radius 3 is 2.20 bits per heavy atom. The molecule has 0 aliphatic carbocycles. The van der Waals surface area contributed by atoms with Crippen LogP contribution in [0.15, 0.2) is 42.5 Å². The Morgan fingerprint density at radius 2 is 1.65 bits per heavy atom. The maximum absolute atomic E-state index is 13.2. The van der Waals surface area contributed by atoms with E-state index in [0.29, 0.717) is 16.7 Å². The zero-order valence-corrected chi connectivity index (χ0v) is 10.1. The van der Waals surface area contributed by atoms with Crippen LogP contribution in [0.4, 0.5) is 17.6 Å². The van der Waals surface area contributed by atoms with E-state index >= 15 is 0 Å². The van der Waals surface area contributed by atoms with Crippen molar-refractivity contribution in [3.05, 3.63) is 53.8 Å². The fourth-order valence-corrected chi connectivity index (χ4v) is 1.79. The van der Waals surface area contributed by atoms with Crippen molar-refractivity contribution in [2.24, 2.45) is 0 Å². The highest BCUT2D eigenvalue weighted by molar-refractivity contribution is 5.68. The predicted molar refractivity (Wildman–Crippen MR) is 64.4 cm³/mol. The number of hydrogen-bond acceptors (Lipinski definition) is 2. The summed E-state index contributed by atoms with van der Waals surface area (Å²) in [7, 11) is 0. The van der Waals surface area contributed by atoms with Gasteiger partial charge in [-0.3, -0.25) is 0 Å². The Morgan fingerprint density at radius 1 is 1.00 bits per heavy atom. The van der Waals surface area contributed by atoms with Crippen LogP contribution in [0, 0.1) is 5.82 Å². The van der Waals surface area contributed by atoms with Crippen molar-refractivity contribution in [2.75, 3.05) is 0 Å². The van der Waals surface area contributed by atoms with E-state index in [1.807, 2.05) is 0 Å². The highest BCUT2D eigenvalue weighted by atomic mass is 19.4. The molecular formula is C14H10F4O2. The van der Waals surface area contributed by atoms with Crippen LogP contribution in [0.5, 0.6) is 5.75 Å². The second-order valence-corrected chi connectivity index (χ2v) is 4.03. The number of halogens is 4. The standard InChI is InChI=1S/C14H10F4O2/c15-11-4-1-10(8-19)13(7-11)9-2-5-12(6-3-9)20-14(16,17)18/h1-7,19H,8H2. The molecule has 1 N–H and O–H groups in total. The quantitative estimate of drug-likeness (QED) is 0.868. The number of aliphatic hydroxyl groups excluding tert-OH is 1. The third-order valence-corrected chi connectivity index (χ3v) is 2.64. The normalized spacial score (nSPS) is 11.4. The summed E-state index contributed by atoms with van der Waals surface area (Å²) in [6, 6.07) is 8.85. The number of rotatable bonds is 3. The highest BCUT2D eigenvalue weighted by Gasteiger charge is 2.30. The first-order chi connectivity index (χ1) is 9.39. The first kappa shape index (κ1) is 14.3. The summed E-state index contributed by atoms with van der Waals surface area (Å²) >= 11 is 0. The van der Waals surface area contributed by atoms with Gasteiger partial charge < -0.3 is 9.84 Å². The molecule has 0 saturated heterocycles. The zero-order chi connectivity index (χ0) is 14.8. The molecule has 0 spiro atoms. The second kappa shape index (κ2) is 5.50. The van der Waals surface area contributed by atoms with Gasteiger partial charge in [0.25, 0.3) is 0 Å². The monoisotopic (exact) mass is 286 g/mol. The molecule has 0 radical (unpaired) electrons. The van der Waals surface area contributed by atoms with Gasteiger partial charge in [-0.05, 0) is 41.0 Å². The first-order valence-corrected chi connectivity index (χ1v) is 5.64. The van der Waals surface area contributed by atoms with Crippen LogP contribution in [0.1, 0.15) is 5.56 Å². The van der Waals surface area contributed by atoms with E-state index in [4.69, 9.17) is 0 Å². The van der Waals surface area contributed by atoms with Gasteiger partial charge in [0.2, 0.25) is 0 Å². The van der Waals surface area contributed by atoms with Crippen molar-refractivity contribution in [2.45, 2.75) is 13.0 Å². The van der Waals surface area contributed by atoms with Gasteiger partial charge >= 0.3 is 6.36 Å². The Kier molecular flexibility index (Phi) is 3.94. The summed E-state index contributed by atoms with van der Waals surface area (Å²) in [5.41, 5.74) is 1.39.